The average molecular weight is 298 g/mol. The van der Waals surface area contributed by atoms with Gasteiger partial charge in [-0.3, -0.25) is 8.75 Å². The molecule has 0 saturated heterocycles. The summed E-state index contributed by atoms with van der Waals surface area (Å²) >= 11 is 0. The highest BCUT2D eigenvalue weighted by molar-refractivity contribution is 7.93. The highest BCUT2D eigenvalue weighted by atomic mass is 32.2. The van der Waals surface area contributed by atoms with Gasteiger partial charge in [0.15, 0.2) is 5.49 Å². The summed E-state index contributed by atoms with van der Waals surface area (Å²) in [6, 6.07) is 0. The molecular weight excluding hydrogens is 279 g/mol. The molecule has 0 spiro atoms. The van der Waals surface area contributed by atoms with E-state index in [1.54, 1.807) is 27.7 Å². The van der Waals surface area contributed by atoms with Crippen LogP contribution in [0.3, 0.4) is 0 Å². The Bertz CT molecular complexity index is 420. The van der Waals surface area contributed by atoms with Gasteiger partial charge in [0, 0.05) is 0 Å². The van der Waals surface area contributed by atoms with Gasteiger partial charge in [-0.1, -0.05) is 5.92 Å². The Hall–Kier alpha value is -0.380. The van der Waals surface area contributed by atoms with Crippen LogP contribution in [0.5, 0.6) is 0 Å². The van der Waals surface area contributed by atoms with Crippen LogP contribution in [-0.4, -0.2) is 32.7 Å². The molecule has 6 nitrogen and oxygen atoms in total. The van der Waals surface area contributed by atoms with Crippen molar-refractivity contribution < 1.29 is 26.2 Å². The Morgan fingerprint density at radius 3 is 1.94 bits per heavy atom. The van der Waals surface area contributed by atoms with Crippen molar-refractivity contribution >= 4 is 17.7 Å². The van der Waals surface area contributed by atoms with Crippen LogP contribution in [0.2, 0.25) is 0 Å². The van der Waals surface area contributed by atoms with Crippen molar-refractivity contribution in [1.29, 1.82) is 0 Å². The van der Waals surface area contributed by atoms with Gasteiger partial charge in [0.1, 0.15) is 6.61 Å². The Balaban J connectivity index is 4.90. The number of rotatable bonds is 8. The third-order valence-electron chi connectivity index (χ3n) is 1.38. The van der Waals surface area contributed by atoms with E-state index < -0.39 is 42.0 Å². The summed E-state index contributed by atoms with van der Waals surface area (Å²) in [6.45, 7) is 6.11. The minimum absolute atomic E-state index is 0.411. The fourth-order valence-corrected chi connectivity index (χ4v) is 5.00. The molecule has 0 aromatic carbocycles. The summed E-state index contributed by atoms with van der Waals surface area (Å²) in [5.41, 5.74) is -0.849. The third kappa shape index (κ3) is 7.85. The van der Waals surface area contributed by atoms with Gasteiger partial charge in [0.25, 0.3) is 10.1 Å². The topological polar surface area (TPSA) is 78.9 Å². The predicted molar refractivity (Wildman–Crippen MR) is 68.6 cm³/mol. The van der Waals surface area contributed by atoms with Crippen LogP contribution in [0.1, 0.15) is 27.7 Å². The van der Waals surface area contributed by atoms with Crippen molar-refractivity contribution in [2.45, 2.75) is 39.9 Å². The summed E-state index contributed by atoms with van der Waals surface area (Å²) in [7, 11) is -7.82. The molecule has 106 valence electrons. The molecule has 0 aromatic rings. The minimum atomic E-state index is -4.05. The van der Waals surface area contributed by atoms with Gasteiger partial charge in [0.2, 0.25) is 0 Å². The largest absolute Gasteiger partial charge is 0.348 e. The van der Waals surface area contributed by atoms with Crippen molar-refractivity contribution in [3.05, 3.63) is 0 Å². The molecule has 0 saturated carbocycles. The van der Waals surface area contributed by atoms with E-state index in [0.717, 1.165) is 0 Å². The fourth-order valence-electron chi connectivity index (χ4n) is 1.08. The second-order valence-corrected chi connectivity index (χ2v) is 8.10. The molecule has 0 aliphatic heterocycles. The molecule has 0 aromatic heterocycles. The molecule has 0 aliphatic carbocycles. The van der Waals surface area contributed by atoms with Crippen LogP contribution >= 0.6 is 7.60 Å². The number of terminal acetylenes is 1. The maximum atomic E-state index is 12.3. The van der Waals surface area contributed by atoms with Gasteiger partial charge in [-0.15, -0.1) is 6.42 Å². The molecule has 18 heavy (non-hydrogen) atoms. The van der Waals surface area contributed by atoms with Crippen molar-refractivity contribution in [3.63, 3.8) is 0 Å². The lowest BCUT2D eigenvalue weighted by molar-refractivity contribution is 0.145. The average Bonchev–Trinajstić information content (AvgIpc) is 2.09. The van der Waals surface area contributed by atoms with E-state index in [4.69, 9.17) is 15.5 Å². The van der Waals surface area contributed by atoms with Crippen LogP contribution in [0.4, 0.5) is 0 Å². The highest BCUT2D eigenvalue weighted by Crippen LogP contribution is 2.51. The lowest BCUT2D eigenvalue weighted by Crippen LogP contribution is -2.17. The highest BCUT2D eigenvalue weighted by Gasteiger charge is 2.34. The van der Waals surface area contributed by atoms with E-state index in [1.165, 1.54) is 0 Å². The normalized spacial score (nSPS) is 12.9. The summed E-state index contributed by atoms with van der Waals surface area (Å²) in [6.07, 6.45) is 4.02. The van der Waals surface area contributed by atoms with E-state index in [-0.39, 0.29) is 0 Å². The summed E-state index contributed by atoms with van der Waals surface area (Å²) in [5, 5.41) is 0. The zero-order valence-electron chi connectivity index (χ0n) is 11.0. The molecule has 0 atom stereocenters. The van der Waals surface area contributed by atoms with Crippen LogP contribution < -0.4 is 0 Å². The Labute approximate surface area is 109 Å². The molecule has 0 heterocycles. The smallest absolute Gasteiger partial charge is 0.305 e. The molecule has 0 aliphatic rings. The van der Waals surface area contributed by atoms with Crippen molar-refractivity contribution in [3.8, 4) is 12.3 Å². The molecule has 8 heteroatoms. The molecule has 0 unspecified atom stereocenters. The van der Waals surface area contributed by atoms with Crippen molar-refractivity contribution in [2.24, 2.45) is 0 Å². The molecule has 0 fully saturated rings. The zero-order chi connectivity index (χ0) is 14.4. The number of hydrogen-bond donors (Lipinski definition) is 0. The molecule has 0 bridgehead atoms. The molecule has 0 amide bonds. The van der Waals surface area contributed by atoms with E-state index in [9.17, 15) is 13.0 Å². The maximum Gasteiger partial charge on any atom is 0.348 e. The molecular formula is C10H19O6PS. The first-order chi connectivity index (χ1) is 8.10. The van der Waals surface area contributed by atoms with E-state index >= 15 is 0 Å². The van der Waals surface area contributed by atoms with Crippen molar-refractivity contribution in [2.75, 3.05) is 12.1 Å². The maximum absolute atomic E-state index is 12.3. The monoisotopic (exact) mass is 298 g/mol. The lowest BCUT2D eigenvalue weighted by Gasteiger charge is -2.22. The Kier molecular flexibility index (Phi) is 7.11. The number of hydrogen-bond acceptors (Lipinski definition) is 6. The molecule has 0 radical (unpaired) electrons. The van der Waals surface area contributed by atoms with Gasteiger partial charge < -0.3 is 9.05 Å². The first-order valence-corrected chi connectivity index (χ1v) is 8.67. The van der Waals surface area contributed by atoms with Crippen LogP contribution in [0.25, 0.3) is 0 Å². The van der Waals surface area contributed by atoms with Gasteiger partial charge in [-0.25, -0.2) is 0 Å². The van der Waals surface area contributed by atoms with E-state index in [0.29, 0.717) is 0 Å². The third-order valence-corrected chi connectivity index (χ3v) is 5.87. The minimum Gasteiger partial charge on any atom is -0.305 e. The van der Waals surface area contributed by atoms with Gasteiger partial charge in [-0.05, 0) is 27.7 Å². The first-order valence-electron chi connectivity index (χ1n) is 5.36. The van der Waals surface area contributed by atoms with E-state index in [2.05, 4.69) is 4.18 Å². The summed E-state index contributed by atoms with van der Waals surface area (Å²) in [4.78, 5) is 0. The van der Waals surface area contributed by atoms with Crippen molar-refractivity contribution in [1.82, 2.24) is 0 Å². The lowest BCUT2D eigenvalue weighted by atomic mass is 10.5. The summed E-state index contributed by atoms with van der Waals surface area (Å²) in [5.74, 6) is 2.02. The molecule has 0 N–H and O–H groups in total. The van der Waals surface area contributed by atoms with Crippen LogP contribution in [-0.2, 0) is 27.9 Å². The first kappa shape index (κ1) is 17.6. The molecule has 0 rings (SSSR count). The van der Waals surface area contributed by atoms with Gasteiger partial charge in [0.05, 0.1) is 12.2 Å². The van der Waals surface area contributed by atoms with Gasteiger partial charge in [-0.2, -0.15) is 8.42 Å². The van der Waals surface area contributed by atoms with E-state index in [1.807, 2.05) is 5.92 Å². The fraction of sp³-hybridized carbons (Fsp3) is 0.800. The Morgan fingerprint density at radius 2 is 1.61 bits per heavy atom. The standard InChI is InChI=1S/C10H19O6PS/c1-6-7-14-18(12,13)8-17(11,15-9(2)3)16-10(4)5/h1,9-10H,7-8H2,2-5H3. The quantitative estimate of drug-likeness (QED) is 0.387. The second kappa shape index (κ2) is 7.27. The predicted octanol–water partition coefficient (Wildman–Crippen LogP) is 1.97. The summed E-state index contributed by atoms with van der Waals surface area (Å²) < 4.78 is 49.9. The second-order valence-electron chi connectivity index (χ2n) is 4.07. The Morgan fingerprint density at radius 1 is 1.17 bits per heavy atom. The van der Waals surface area contributed by atoms with Gasteiger partial charge >= 0.3 is 7.60 Å². The van der Waals surface area contributed by atoms with Crippen LogP contribution in [0.15, 0.2) is 0 Å². The SMILES string of the molecule is C#CCOS(=O)(=O)CP(=O)(OC(C)C)OC(C)C. The van der Waals surface area contributed by atoms with Crippen LogP contribution in [0, 0.1) is 12.3 Å². The zero-order valence-corrected chi connectivity index (χ0v) is 12.7.